The standard InChI is InChI=1S/C46H54ClN9O10/c1-5-29(2)55(27-30-9-12-32(47)13-10-30)41-37(54(3)28-57)26-50-46(53-41)51-34-14-11-31(25-38(34)63-4)42(59)49-18-20-65-22-24-66-23-21-64-19-17-48-35-8-6-7-33-40(35)45(62)56(44(33)61)36-15-16-39(58)52-43(36)60/h6-14,25-26,28-29,36,48H,5,15-24,27H2,1-4H3,(H,49,59)(H,50,51,53)(H,52,58,60)/t29-,36?/m0/s1. The topological polar surface area (TPSA) is 223 Å². The van der Waals surface area contributed by atoms with E-state index < -0.39 is 29.7 Å². The van der Waals surface area contributed by atoms with Gasteiger partial charge in [-0.3, -0.25) is 39.0 Å². The molecule has 0 bridgehead atoms. The number of piperidine rings is 1. The van der Waals surface area contributed by atoms with Crippen LogP contribution in [0.4, 0.5) is 28.8 Å². The van der Waals surface area contributed by atoms with Crippen molar-refractivity contribution in [3.63, 3.8) is 0 Å². The molecule has 3 heterocycles. The van der Waals surface area contributed by atoms with Gasteiger partial charge in [0.1, 0.15) is 17.5 Å². The summed E-state index contributed by atoms with van der Waals surface area (Å²) in [7, 11) is 3.15. The number of methoxy groups -OCH3 is 1. The van der Waals surface area contributed by atoms with E-state index in [1.54, 1.807) is 43.6 Å². The molecule has 20 heteroatoms. The van der Waals surface area contributed by atoms with E-state index >= 15 is 0 Å². The first-order valence-corrected chi connectivity index (χ1v) is 21.9. The fraction of sp³-hybridized carbons (Fsp3) is 0.391. The number of nitrogens with zero attached hydrogens (tertiary/aromatic N) is 5. The second-order valence-electron chi connectivity index (χ2n) is 15.4. The number of aromatic nitrogens is 2. The van der Waals surface area contributed by atoms with Crippen LogP contribution in [-0.4, -0.2) is 130 Å². The van der Waals surface area contributed by atoms with Gasteiger partial charge in [-0.25, -0.2) is 4.98 Å². The van der Waals surface area contributed by atoms with Crippen LogP contribution in [-0.2, 0) is 35.1 Å². The quantitative estimate of drug-likeness (QED) is 0.0406. The zero-order chi connectivity index (χ0) is 47.2. The minimum Gasteiger partial charge on any atom is -0.495 e. The average molecular weight is 928 g/mol. The molecule has 3 aromatic carbocycles. The predicted octanol–water partition coefficient (Wildman–Crippen LogP) is 4.57. The van der Waals surface area contributed by atoms with E-state index in [-0.39, 0.29) is 55.0 Å². The second kappa shape index (κ2) is 23.5. The van der Waals surface area contributed by atoms with Crippen molar-refractivity contribution in [2.75, 3.05) is 87.3 Å². The Labute approximate surface area is 387 Å². The summed E-state index contributed by atoms with van der Waals surface area (Å²) in [5.41, 5.74) is 3.29. The maximum absolute atomic E-state index is 13.2. The molecule has 6 amide bonds. The third-order valence-electron chi connectivity index (χ3n) is 11.0. The Balaban J connectivity index is 0.891. The highest BCUT2D eigenvalue weighted by Crippen LogP contribution is 2.34. The summed E-state index contributed by atoms with van der Waals surface area (Å²) in [6, 6.07) is 16.4. The number of benzene rings is 3. The fourth-order valence-electron chi connectivity index (χ4n) is 7.25. The van der Waals surface area contributed by atoms with Crippen LogP contribution in [0.2, 0.25) is 5.02 Å². The van der Waals surface area contributed by atoms with Crippen LogP contribution in [0.3, 0.4) is 0 Å². The second-order valence-corrected chi connectivity index (χ2v) is 15.8. The molecule has 1 fully saturated rings. The number of anilines is 5. The Hall–Kier alpha value is -6.67. The highest BCUT2D eigenvalue weighted by atomic mass is 35.5. The summed E-state index contributed by atoms with van der Waals surface area (Å²) >= 11 is 6.14. The van der Waals surface area contributed by atoms with E-state index in [4.69, 9.17) is 35.5 Å². The van der Waals surface area contributed by atoms with Crippen molar-refractivity contribution in [2.45, 2.75) is 51.7 Å². The molecule has 1 aromatic heterocycles. The van der Waals surface area contributed by atoms with Gasteiger partial charge in [-0.05, 0) is 67.8 Å². The molecule has 2 aliphatic rings. The SMILES string of the molecule is CC[C@H](C)N(Cc1ccc(Cl)cc1)c1nc(Nc2ccc(C(=O)NCCOCCOCCOCCNc3cccc4c3C(=O)N(C3CCC(=O)NC3=O)C4=O)cc2OC)ncc1N(C)C=O. The Morgan fingerprint density at radius 3 is 2.35 bits per heavy atom. The Bertz CT molecular complexity index is 2390. The molecule has 6 rings (SSSR count). The lowest BCUT2D eigenvalue weighted by atomic mass is 10.0. The van der Waals surface area contributed by atoms with Crippen molar-refractivity contribution in [3.8, 4) is 5.75 Å². The minimum absolute atomic E-state index is 0.0460. The summed E-state index contributed by atoms with van der Waals surface area (Å²) in [4.78, 5) is 89.0. The van der Waals surface area contributed by atoms with E-state index in [0.717, 1.165) is 16.9 Å². The van der Waals surface area contributed by atoms with Gasteiger partial charge in [0.25, 0.3) is 17.7 Å². The predicted molar refractivity (Wildman–Crippen MR) is 247 cm³/mol. The van der Waals surface area contributed by atoms with Gasteiger partial charge >= 0.3 is 0 Å². The van der Waals surface area contributed by atoms with Gasteiger partial charge in [0.2, 0.25) is 24.2 Å². The Kier molecular flexibility index (Phi) is 17.4. The number of nitrogens with one attached hydrogen (secondary N) is 4. The van der Waals surface area contributed by atoms with Gasteiger partial charge in [-0.2, -0.15) is 4.98 Å². The highest BCUT2D eigenvalue weighted by Gasteiger charge is 2.45. The Morgan fingerprint density at radius 1 is 0.955 bits per heavy atom. The van der Waals surface area contributed by atoms with Gasteiger partial charge in [-0.15, -0.1) is 0 Å². The molecule has 66 heavy (non-hydrogen) atoms. The van der Waals surface area contributed by atoms with Gasteiger partial charge in [-0.1, -0.05) is 36.7 Å². The van der Waals surface area contributed by atoms with E-state index in [2.05, 4.69) is 45.0 Å². The molecule has 0 saturated carbocycles. The monoisotopic (exact) mass is 927 g/mol. The van der Waals surface area contributed by atoms with Crippen LogP contribution < -0.4 is 35.8 Å². The van der Waals surface area contributed by atoms with Crippen LogP contribution in [0.5, 0.6) is 5.75 Å². The van der Waals surface area contributed by atoms with E-state index in [1.165, 1.54) is 18.1 Å². The molecule has 4 N–H and O–H groups in total. The third kappa shape index (κ3) is 12.2. The maximum atomic E-state index is 13.2. The third-order valence-corrected chi connectivity index (χ3v) is 11.2. The number of amides is 6. The number of imide groups is 2. The van der Waals surface area contributed by atoms with E-state index in [9.17, 15) is 28.8 Å². The van der Waals surface area contributed by atoms with Crippen LogP contribution >= 0.6 is 11.6 Å². The number of halogens is 1. The number of hydrogen-bond donors (Lipinski definition) is 4. The Morgan fingerprint density at radius 2 is 1.67 bits per heavy atom. The number of carbonyl (C=O) groups excluding carboxylic acids is 6. The van der Waals surface area contributed by atoms with Crippen molar-refractivity contribution < 1.29 is 47.7 Å². The van der Waals surface area contributed by atoms with Crippen molar-refractivity contribution in [1.82, 2.24) is 25.5 Å². The first kappa shape index (κ1) is 48.8. The number of ether oxygens (including phenoxy) is 4. The lowest BCUT2D eigenvalue weighted by Gasteiger charge is -2.32. The molecule has 0 aliphatic carbocycles. The van der Waals surface area contributed by atoms with Crippen LogP contribution in [0.15, 0.2) is 66.9 Å². The number of rotatable bonds is 25. The van der Waals surface area contributed by atoms with Gasteiger partial charge in [0, 0.05) is 55.4 Å². The first-order chi connectivity index (χ1) is 31.9. The van der Waals surface area contributed by atoms with Gasteiger partial charge in [0.05, 0.1) is 69.8 Å². The summed E-state index contributed by atoms with van der Waals surface area (Å²) in [6.45, 7) is 7.09. The molecule has 0 spiro atoms. The van der Waals surface area contributed by atoms with Crippen molar-refractivity contribution in [2.24, 2.45) is 0 Å². The molecule has 1 saturated heterocycles. The number of fused-ring (bicyclic) bond motifs is 1. The van der Waals surface area contributed by atoms with Crippen LogP contribution in [0.25, 0.3) is 0 Å². The molecule has 19 nitrogen and oxygen atoms in total. The number of hydrogen-bond acceptors (Lipinski definition) is 15. The molecule has 2 atom stereocenters. The van der Waals surface area contributed by atoms with Gasteiger partial charge in [0.15, 0.2) is 5.82 Å². The molecular weight excluding hydrogens is 874 g/mol. The smallest absolute Gasteiger partial charge is 0.264 e. The molecule has 4 aromatic rings. The molecule has 1 unspecified atom stereocenters. The van der Waals surface area contributed by atoms with Crippen LogP contribution in [0, 0.1) is 0 Å². The summed E-state index contributed by atoms with van der Waals surface area (Å²) in [5.74, 6) is -1.34. The van der Waals surface area contributed by atoms with Gasteiger partial charge < -0.3 is 44.7 Å². The van der Waals surface area contributed by atoms with E-state index in [0.29, 0.717) is 91.7 Å². The number of carbonyl (C=O) groups is 6. The van der Waals surface area contributed by atoms with E-state index in [1.807, 2.05) is 24.3 Å². The fourth-order valence-corrected chi connectivity index (χ4v) is 7.37. The molecular formula is C46H54ClN9O10. The van der Waals surface area contributed by atoms with Crippen molar-refractivity contribution in [1.29, 1.82) is 0 Å². The molecule has 0 radical (unpaired) electrons. The lowest BCUT2D eigenvalue weighted by Crippen LogP contribution is -2.54. The average Bonchev–Trinajstić information content (AvgIpc) is 3.58. The lowest BCUT2D eigenvalue weighted by molar-refractivity contribution is -0.136. The largest absolute Gasteiger partial charge is 0.495 e. The normalized spacial score (nSPS) is 14.9. The molecule has 2 aliphatic heterocycles. The summed E-state index contributed by atoms with van der Waals surface area (Å²) < 4.78 is 22.4. The minimum atomic E-state index is -1.04. The first-order valence-electron chi connectivity index (χ1n) is 21.5. The van der Waals surface area contributed by atoms with Crippen molar-refractivity contribution >= 4 is 76.4 Å². The van der Waals surface area contributed by atoms with Crippen molar-refractivity contribution in [3.05, 3.63) is 94.1 Å². The zero-order valence-corrected chi connectivity index (χ0v) is 38.0. The highest BCUT2D eigenvalue weighted by molar-refractivity contribution is 6.30. The summed E-state index contributed by atoms with van der Waals surface area (Å²) in [6.07, 6.45) is 3.25. The van der Waals surface area contributed by atoms with Crippen LogP contribution in [0.1, 0.15) is 69.7 Å². The summed E-state index contributed by atoms with van der Waals surface area (Å²) in [5, 5.41) is 12.0. The zero-order valence-electron chi connectivity index (χ0n) is 37.3. The molecule has 350 valence electrons. The maximum Gasteiger partial charge on any atom is 0.264 e.